The zero-order valence-corrected chi connectivity index (χ0v) is 11.0. The van der Waals surface area contributed by atoms with Gasteiger partial charge in [0.2, 0.25) is 0 Å². The standard InChI is InChI=1S/C15H22N2O2/c16-13-8-6-12(7-9-13)14(17-15(18)19)10-11-4-2-1-3-5-11/h1-5,12-14,17H,6-10,16H2,(H,18,19)/p-1. The van der Waals surface area contributed by atoms with Gasteiger partial charge in [-0.1, -0.05) is 30.3 Å². The van der Waals surface area contributed by atoms with Crippen LogP contribution >= 0.6 is 0 Å². The summed E-state index contributed by atoms with van der Waals surface area (Å²) >= 11 is 0. The minimum absolute atomic E-state index is 0.0695. The summed E-state index contributed by atoms with van der Waals surface area (Å²) < 4.78 is 0. The second-order valence-corrected chi connectivity index (χ2v) is 5.40. The number of hydrogen-bond acceptors (Lipinski definition) is 3. The molecule has 19 heavy (non-hydrogen) atoms. The third-order valence-electron chi connectivity index (χ3n) is 3.99. The Morgan fingerprint density at radius 3 is 2.47 bits per heavy atom. The number of amides is 1. The lowest BCUT2D eigenvalue weighted by Crippen LogP contribution is -2.49. The Morgan fingerprint density at radius 2 is 1.89 bits per heavy atom. The van der Waals surface area contributed by atoms with Gasteiger partial charge < -0.3 is 21.0 Å². The van der Waals surface area contributed by atoms with E-state index in [0.29, 0.717) is 12.3 Å². The lowest BCUT2D eigenvalue weighted by atomic mass is 9.80. The van der Waals surface area contributed by atoms with E-state index in [4.69, 9.17) is 5.73 Å². The fourth-order valence-electron chi connectivity index (χ4n) is 2.90. The van der Waals surface area contributed by atoms with Crippen molar-refractivity contribution >= 4 is 6.09 Å². The van der Waals surface area contributed by atoms with Gasteiger partial charge in [-0.3, -0.25) is 0 Å². The first kappa shape index (κ1) is 13.9. The van der Waals surface area contributed by atoms with Crippen LogP contribution in [0, 0.1) is 5.92 Å². The van der Waals surface area contributed by atoms with E-state index < -0.39 is 6.09 Å². The van der Waals surface area contributed by atoms with Gasteiger partial charge in [0.15, 0.2) is 0 Å². The van der Waals surface area contributed by atoms with Gasteiger partial charge in [-0.2, -0.15) is 0 Å². The molecule has 1 fully saturated rings. The van der Waals surface area contributed by atoms with E-state index >= 15 is 0 Å². The van der Waals surface area contributed by atoms with Gasteiger partial charge >= 0.3 is 0 Å². The van der Waals surface area contributed by atoms with Crippen LogP contribution in [0.1, 0.15) is 31.2 Å². The van der Waals surface area contributed by atoms with Gasteiger partial charge in [-0.25, -0.2) is 0 Å². The molecular weight excluding hydrogens is 240 g/mol. The normalized spacial score (nSPS) is 24.7. The molecule has 0 aliphatic heterocycles. The van der Waals surface area contributed by atoms with E-state index in [1.54, 1.807) is 0 Å². The maximum Gasteiger partial charge on any atom is 0.134 e. The second kappa shape index (κ2) is 6.57. The van der Waals surface area contributed by atoms with Crippen LogP contribution < -0.4 is 16.2 Å². The molecule has 1 aliphatic carbocycles. The summed E-state index contributed by atoms with van der Waals surface area (Å²) in [7, 11) is 0. The summed E-state index contributed by atoms with van der Waals surface area (Å²) in [6, 6.07) is 10.2. The zero-order chi connectivity index (χ0) is 13.7. The number of hydrogen-bond donors (Lipinski definition) is 2. The van der Waals surface area contributed by atoms with Crippen molar-refractivity contribution in [3.05, 3.63) is 35.9 Å². The zero-order valence-electron chi connectivity index (χ0n) is 11.0. The molecule has 1 aliphatic rings. The Labute approximate surface area is 114 Å². The molecule has 104 valence electrons. The van der Waals surface area contributed by atoms with Crippen LogP contribution in [0.2, 0.25) is 0 Å². The molecule has 1 amide bonds. The van der Waals surface area contributed by atoms with Gasteiger partial charge in [-0.05, 0) is 43.6 Å². The number of nitrogens with two attached hydrogens (primary N) is 1. The molecule has 0 heterocycles. The molecule has 0 saturated heterocycles. The first-order chi connectivity index (χ1) is 9.15. The van der Waals surface area contributed by atoms with Crippen LogP contribution in [0.25, 0.3) is 0 Å². The van der Waals surface area contributed by atoms with Gasteiger partial charge in [0, 0.05) is 12.1 Å². The molecule has 2 rings (SSSR count). The summed E-state index contributed by atoms with van der Waals surface area (Å²) in [5.74, 6) is 0.359. The van der Waals surface area contributed by atoms with Crippen molar-refractivity contribution in [1.29, 1.82) is 0 Å². The molecule has 0 spiro atoms. The van der Waals surface area contributed by atoms with Crippen LogP contribution in [0.5, 0.6) is 0 Å². The lowest BCUT2D eigenvalue weighted by Gasteiger charge is -2.34. The molecule has 3 N–H and O–H groups in total. The highest BCUT2D eigenvalue weighted by molar-refractivity contribution is 5.62. The Balaban J connectivity index is 2.01. The van der Waals surface area contributed by atoms with E-state index in [0.717, 1.165) is 31.2 Å². The number of rotatable bonds is 4. The fourth-order valence-corrected chi connectivity index (χ4v) is 2.90. The fraction of sp³-hybridized carbons (Fsp3) is 0.533. The minimum atomic E-state index is -1.18. The van der Waals surface area contributed by atoms with Crippen molar-refractivity contribution in [3.8, 4) is 0 Å². The smallest absolute Gasteiger partial charge is 0.134 e. The Kier molecular flexibility index (Phi) is 4.80. The lowest BCUT2D eigenvalue weighted by molar-refractivity contribution is -0.252. The maximum atomic E-state index is 10.9. The monoisotopic (exact) mass is 261 g/mol. The number of nitrogens with one attached hydrogen (secondary N) is 1. The molecular formula is C15H21N2O2-. The van der Waals surface area contributed by atoms with Crippen molar-refractivity contribution in [1.82, 2.24) is 5.32 Å². The Morgan fingerprint density at radius 1 is 1.26 bits per heavy atom. The van der Waals surface area contributed by atoms with Crippen LogP contribution in [-0.4, -0.2) is 18.2 Å². The number of benzene rings is 1. The van der Waals surface area contributed by atoms with Crippen molar-refractivity contribution in [2.75, 3.05) is 0 Å². The molecule has 0 aromatic heterocycles. The molecule has 4 heteroatoms. The summed E-state index contributed by atoms with van der Waals surface area (Å²) in [5.41, 5.74) is 7.05. The van der Waals surface area contributed by atoms with Crippen LogP contribution in [-0.2, 0) is 6.42 Å². The quantitative estimate of drug-likeness (QED) is 0.850. The van der Waals surface area contributed by atoms with Gasteiger partial charge in [0.05, 0.1) is 0 Å². The van der Waals surface area contributed by atoms with Crippen molar-refractivity contribution in [2.45, 2.75) is 44.2 Å². The first-order valence-electron chi connectivity index (χ1n) is 6.92. The summed E-state index contributed by atoms with van der Waals surface area (Å²) in [4.78, 5) is 10.9. The SMILES string of the molecule is NC1CCC(C(Cc2ccccc2)NC(=O)[O-])CC1. The van der Waals surface area contributed by atoms with Crippen LogP contribution in [0.4, 0.5) is 4.79 Å². The van der Waals surface area contributed by atoms with Crippen molar-refractivity contribution < 1.29 is 9.90 Å². The van der Waals surface area contributed by atoms with Crippen LogP contribution in [0.15, 0.2) is 30.3 Å². The molecule has 0 bridgehead atoms. The molecule has 4 nitrogen and oxygen atoms in total. The molecule has 0 radical (unpaired) electrons. The van der Waals surface area contributed by atoms with E-state index in [1.165, 1.54) is 0 Å². The van der Waals surface area contributed by atoms with Gasteiger partial charge in [-0.15, -0.1) is 0 Å². The van der Waals surface area contributed by atoms with Crippen molar-refractivity contribution in [2.24, 2.45) is 11.7 Å². The molecule has 1 unspecified atom stereocenters. The molecule has 1 saturated carbocycles. The maximum absolute atomic E-state index is 10.9. The number of carboxylic acid groups (broad SMARTS) is 1. The molecule has 1 aromatic carbocycles. The average Bonchev–Trinajstić information content (AvgIpc) is 2.39. The van der Waals surface area contributed by atoms with Gasteiger partial charge in [0.1, 0.15) is 6.09 Å². The van der Waals surface area contributed by atoms with Gasteiger partial charge in [0.25, 0.3) is 0 Å². The van der Waals surface area contributed by atoms with E-state index in [-0.39, 0.29) is 12.1 Å². The third-order valence-corrected chi connectivity index (χ3v) is 3.99. The highest BCUT2D eigenvalue weighted by Crippen LogP contribution is 2.27. The minimum Gasteiger partial charge on any atom is -0.530 e. The average molecular weight is 261 g/mol. The highest BCUT2D eigenvalue weighted by Gasteiger charge is 2.26. The topological polar surface area (TPSA) is 78.2 Å². The summed E-state index contributed by atoms with van der Waals surface area (Å²) in [6.07, 6.45) is 3.46. The van der Waals surface area contributed by atoms with E-state index in [2.05, 4.69) is 5.32 Å². The van der Waals surface area contributed by atoms with E-state index in [1.807, 2.05) is 30.3 Å². The largest absolute Gasteiger partial charge is 0.530 e. The number of carbonyl (C=O) groups excluding carboxylic acids is 1. The summed E-state index contributed by atoms with van der Waals surface area (Å²) in [6.45, 7) is 0. The number of carbonyl (C=O) groups is 1. The van der Waals surface area contributed by atoms with Crippen LogP contribution in [0.3, 0.4) is 0 Å². The highest BCUT2D eigenvalue weighted by atomic mass is 16.4. The molecule has 1 aromatic rings. The first-order valence-corrected chi connectivity index (χ1v) is 6.92. The third kappa shape index (κ3) is 4.24. The predicted octanol–water partition coefficient (Wildman–Crippen LogP) is 1.05. The Hall–Kier alpha value is -1.55. The Bertz CT molecular complexity index is 400. The van der Waals surface area contributed by atoms with E-state index in [9.17, 15) is 9.90 Å². The molecule has 1 atom stereocenters. The summed E-state index contributed by atoms with van der Waals surface area (Å²) in [5, 5.41) is 13.4. The second-order valence-electron chi connectivity index (χ2n) is 5.40. The predicted molar refractivity (Wildman–Crippen MR) is 72.4 cm³/mol. The van der Waals surface area contributed by atoms with Crippen molar-refractivity contribution in [3.63, 3.8) is 0 Å².